The summed E-state index contributed by atoms with van der Waals surface area (Å²) in [5.74, 6) is -0.594. The van der Waals surface area contributed by atoms with E-state index in [1.165, 1.54) is 0 Å². The molecule has 3 aliphatic rings. The number of nitrogens with two attached hydrogens (primary N) is 6. The number of carbonyl (C=O) groups is 1. The van der Waals surface area contributed by atoms with E-state index in [2.05, 4.69) is 5.32 Å². The first kappa shape index (κ1) is 28.5. The molecule has 1 aliphatic carbocycles. The third kappa shape index (κ3) is 6.44. The van der Waals surface area contributed by atoms with Crippen LogP contribution in [0.3, 0.4) is 0 Å². The largest absolute Gasteiger partial charge is 0.394 e. The number of amides is 1. The summed E-state index contributed by atoms with van der Waals surface area (Å²) in [5.41, 5.74) is 35.6. The number of hydrogen-bond donors (Lipinski definition) is 9. The quantitative estimate of drug-likeness (QED) is 0.148. The van der Waals surface area contributed by atoms with Gasteiger partial charge in [0.25, 0.3) is 0 Å². The summed E-state index contributed by atoms with van der Waals surface area (Å²) in [7, 11) is 0. The van der Waals surface area contributed by atoms with Crippen LogP contribution in [-0.2, 0) is 23.7 Å². The molecular weight excluding hydrogens is 469 g/mol. The van der Waals surface area contributed by atoms with Gasteiger partial charge in [0.1, 0.15) is 18.3 Å². The number of carbonyl (C=O) groups excluding carboxylic acids is 1. The van der Waals surface area contributed by atoms with Gasteiger partial charge in [-0.3, -0.25) is 4.79 Å². The lowest BCUT2D eigenvalue weighted by molar-refractivity contribution is -0.288. The smallest absolute Gasteiger partial charge is 0.234 e. The van der Waals surface area contributed by atoms with Gasteiger partial charge >= 0.3 is 0 Å². The molecule has 0 radical (unpaired) electrons. The summed E-state index contributed by atoms with van der Waals surface area (Å²) in [4.78, 5) is 11.9. The van der Waals surface area contributed by atoms with E-state index in [9.17, 15) is 15.0 Å². The molecule has 0 aromatic carbocycles. The minimum Gasteiger partial charge on any atom is -0.394 e. The predicted octanol–water partition coefficient (Wildman–Crippen LogP) is -5.21. The average Bonchev–Trinajstić information content (AvgIpc) is 2.84. The molecule has 2 saturated heterocycles. The third-order valence-electron chi connectivity index (χ3n) is 6.84. The molecule has 2 heterocycles. The van der Waals surface area contributed by atoms with Crippen LogP contribution in [0.5, 0.6) is 0 Å². The van der Waals surface area contributed by atoms with Crippen LogP contribution < -0.4 is 39.7 Å². The SMILES string of the molecule is NCC(=O)N[C@H]1[C@@H](O[C@@H]2[C@H](F)[C@H](O[C@H]3O[C@H](CN)CC[C@H]3N)[C@@H](N)C[C@H]2N)O[C@H](CO)[C@@H](O)[C@@H]1N. The van der Waals surface area contributed by atoms with Gasteiger partial charge in [-0.2, -0.15) is 0 Å². The van der Waals surface area contributed by atoms with Crippen molar-refractivity contribution in [2.45, 2.75) is 98.7 Å². The lowest BCUT2D eigenvalue weighted by Gasteiger charge is -2.47. The zero-order valence-corrected chi connectivity index (χ0v) is 19.5. The zero-order valence-electron chi connectivity index (χ0n) is 19.5. The number of nitrogens with one attached hydrogen (secondary N) is 1. The maximum atomic E-state index is 15.8. The molecule has 15 heteroatoms. The highest BCUT2D eigenvalue weighted by atomic mass is 19.1. The highest BCUT2D eigenvalue weighted by Gasteiger charge is 2.51. The second kappa shape index (κ2) is 12.4. The predicted molar refractivity (Wildman–Crippen MR) is 121 cm³/mol. The minimum atomic E-state index is -1.83. The lowest BCUT2D eigenvalue weighted by atomic mass is 9.85. The van der Waals surface area contributed by atoms with Crippen molar-refractivity contribution >= 4 is 5.91 Å². The van der Waals surface area contributed by atoms with E-state index in [-0.39, 0.29) is 25.6 Å². The molecule has 3 rings (SSSR count). The van der Waals surface area contributed by atoms with Gasteiger partial charge < -0.3 is 68.9 Å². The molecule has 13 atom stereocenters. The molecule has 1 saturated carbocycles. The highest BCUT2D eigenvalue weighted by molar-refractivity contribution is 5.78. The fourth-order valence-electron chi connectivity index (χ4n) is 4.74. The van der Waals surface area contributed by atoms with Gasteiger partial charge in [0.05, 0.1) is 43.5 Å². The van der Waals surface area contributed by atoms with Gasteiger partial charge in [0.15, 0.2) is 18.8 Å². The van der Waals surface area contributed by atoms with Gasteiger partial charge in [-0.25, -0.2) is 4.39 Å². The first-order valence-electron chi connectivity index (χ1n) is 11.9. The van der Waals surface area contributed by atoms with Crippen LogP contribution in [0.4, 0.5) is 4.39 Å². The van der Waals surface area contributed by atoms with Gasteiger partial charge in [-0.05, 0) is 19.3 Å². The highest BCUT2D eigenvalue weighted by Crippen LogP contribution is 2.32. The summed E-state index contributed by atoms with van der Waals surface area (Å²) < 4.78 is 39.0. The summed E-state index contributed by atoms with van der Waals surface area (Å²) in [6, 6.07) is -4.32. The van der Waals surface area contributed by atoms with Crippen molar-refractivity contribution in [2.24, 2.45) is 34.4 Å². The Morgan fingerprint density at radius 2 is 1.63 bits per heavy atom. The molecule has 1 amide bonds. The van der Waals surface area contributed by atoms with E-state index >= 15 is 4.39 Å². The van der Waals surface area contributed by atoms with Gasteiger partial charge in [0, 0.05) is 18.6 Å². The van der Waals surface area contributed by atoms with Gasteiger partial charge in [-0.15, -0.1) is 0 Å². The molecule has 204 valence electrons. The molecule has 0 unspecified atom stereocenters. The second-order valence-electron chi connectivity index (χ2n) is 9.40. The number of rotatable bonds is 8. The summed E-state index contributed by atoms with van der Waals surface area (Å²) in [5, 5.41) is 22.4. The van der Waals surface area contributed by atoms with Crippen LogP contribution in [0.2, 0.25) is 0 Å². The summed E-state index contributed by atoms with van der Waals surface area (Å²) in [6.45, 7) is -0.676. The Labute approximate surface area is 203 Å². The maximum Gasteiger partial charge on any atom is 0.234 e. The molecule has 14 nitrogen and oxygen atoms in total. The number of hydrogen-bond acceptors (Lipinski definition) is 13. The van der Waals surface area contributed by atoms with E-state index in [1.807, 2.05) is 0 Å². The summed E-state index contributed by atoms with van der Waals surface area (Å²) >= 11 is 0. The Morgan fingerprint density at radius 1 is 1.00 bits per heavy atom. The van der Waals surface area contributed by atoms with Crippen LogP contribution in [0, 0.1) is 0 Å². The van der Waals surface area contributed by atoms with Crippen LogP contribution in [0.1, 0.15) is 19.3 Å². The van der Waals surface area contributed by atoms with Crippen molar-refractivity contribution in [1.82, 2.24) is 5.32 Å². The van der Waals surface area contributed by atoms with Crippen molar-refractivity contribution in [3.63, 3.8) is 0 Å². The fourth-order valence-corrected chi connectivity index (χ4v) is 4.74. The molecule has 0 aromatic rings. The number of halogens is 1. The van der Waals surface area contributed by atoms with E-state index in [0.29, 0.717) is 12.8 Å². The first-order valence-corrected chi connectivity index (χ1v) is 11.9. The standard InChI is InChI=1S/C20H40FN7O7/c21-13-17(34-19-8(24)2-1-7(4-22)32-19)9(25)3-10(26)18(13)35-20-15(28-12(30)5-23)14(27)16(31)11(6-29)33-20/h7-11,13-20,29,31H,1-6,22-27H2,(H,28,30)/t7-,8+,9-,10+,11+,13+,14+,15+,16+,17+,18-,19+,20+/m0/s1. The molecule has 0 spiro atoms. The van der Waals surface area contributed by atoms with Crippen LogP contribution in [0.25, 0.3) is 0 Å². The van der Waals surface area contributed by atoms with Gasteiger partial charge in [-0.1, -0.05) is 0 Å². The Balaban J connectivity index is 1.76. The first-order chi connectivity index (χ1) is 16.6. The molecule has 35 heavy (non-hydrogen) atoms. The maximum absolute atomic E-state index is 15.8. The number of aliphatic hydroxyl groups is 2. The van der Waals surface area contributed by atoms with Crippen LogP contribution in [-0.4, -0.2) is 115 Å². The number of alkyl halides is 1. The second-order valence-corrected chi connectivity index (χ2v) is 9.40. The lowest BCUT2D eigenvalue weighted by Crippen LogP contribution is -2.70. The number of ether oxygens (including phenoxy) is 4. The van der Waals surface area contributed by atoms with Gasteiger partial charge in [0.2, 0.25) is 5.91 Å². The summed E-state index contributed by atoms with van der Waals surface area (Å²) in [6.07, 6.45) is -7.86. The zero-order chi connectivity index (χ0) is 25.9. The van der Waals surface area contributed by atoms with E-state index in [4.69, 9.17) is 53.3 Å². The molecular formula is C20H40FN7O7. The van der Waals surface area contributed by atoms with Crippen molar-refractivity contribution in [3.8, 4) is 0 Å². The van der Waals surface area contributed by atoms with E-state index in [1.54, 1.807) is 0 Å². The molecule has 0 bridgehead atoms. The Hall–Kier alpha value is -1.08. The van der Waals surface area contributed by atoms with E-state index in [0.717, 1.165) is 0 Å². The van der Waals surface area contributed by atoms with Crippen molar-refractivity contribution in [1.29, 1.82) is 0 Å². The Bertz CT molecular complexity index is 700. The molecule has 3 fully saturated rings. The van der Waals surface area contributed by atoms with Crippen LogP contribution in [0.15, 0.2) is 0 Å². The number of aliphatic hydroxyl groups excluding tert-OH is 2. The molecule has 2 aliphatic heterocycles. The van der Waals surface area contributed by atoms with E-state index < -0.39 is 85.9 Å². The topological polar surface area (TPSA) is 263 Å². The fraction of sp³-hybridized carbons (Fsp3) is 0.950. The molecule has 0 aromatic heterocycles. The van der Waals surface area contributed by atoms with Crippen molar-refractivity contribution in [2.75, 3.05) is 19.7 Å². The average molecular weight is 510 g/mol. The van der Waals surface area contributed by atoms with Crippen molar-refractivity contribution in [3.05, 3.63) is 0 Å². The normalized spacial score (nSPS) is 46.8. The molecule has 15 N–H and O–H groups in total. The third-order valence-corrected chi connectivity index (χ3v) is 6.84. The monoisotopic (exact) mass is 509 g/mol. The Kier molecular flexibility index (Phi) is 10.1. The van der Waals surface area contributed by atoms with Crippen molar-refractivity contribution < 1.29 is 38.3 Å². The Morgan fingerprint density at radius 3 is 2.20 bits per heavy atom. The van der Waals surface area contributed by atoms with Crippen LogP contribution >= 0.6 is 0 Å². The minimum absolute atomic E-state index is 0.142.